The van der Waals surface area contributed by atoms with Gasteiger partial charge in [-0.1, -0.05) is 15.9 Å². The summed E-state index contributed by atoms with van der Waals surface area (Å²) in [5.41, 5.74) is 0.973. The van der Waals surface area contributed by atoms with Crippen molar-refractivity contribution in [2.45, 2.75) is 25.7 Å². The number of carboxylic acid groups (broad SMARTS) is 1. The topological polar surface area (TPSA) is 55.8 Å². The first kappa shape index (κ1) is 11.4. The van der Waals surface area contributed by atoms with Crippen LogP contribution in [-0.2, 0) is 16.1 Å². The highest BCUT2D eigenvalue weighted by Crippen LogP contribution is 2.29. The summed E-state index contributed by atoms with van der Waals surface area (Å²) in [6.07, 6.45) is -0.0359. The van der Waals surface area contributed by atoms with E-state index < -0.39 is 12.3 Å². The lowest BCUT2D eigenvalue weighted by Crippen LogP contribution is -2.26. The molecule has 0 spiro atoms. The first-order valence-electron chi connectivity index (χ1n) is 4.93. The van der Waals surface area contributed by atoms with Gasteiger partial charge in [-0.3, -0.25) is 4.79 Å². The SMILES string of the molecule is O=C(O)CCC1OCc2cc(Br)ccc2O1. The van der Waals surface area contributed by atoms with E-state index in [1.807, 2.05) is 18.2 Å². The number of hydrogen-bond acceptors (Lipinski definition) is 3. The molecule has 1 aromatic rings. The lowest BCUT2D eigenvalue weighted by molar-refractivity contribution is -0.143. The standard InChI is InChI=1S/C11H11BrO4/c12-8-1-2-9-7(5-8)6-15-11(16-9)4-3-10(13)14/h1-2,5,11H,3-4,6H2,(H,13,14). The molecule has 5 heteroatoms. The van der Waals surface area contributed by atoms with Crippen LogP contribution in [0.4, 0.5) is 0 Å². The van der Waals surface area contributed by atoms with E-state index in [9.17, 15) is 4.79 Å². The molecular formula is C11H11BrO4. The summed E-state index contributed by atoms with van der Waals surface area (Å²) < 4.78 is 11.9. The van der Waals surface area contributed by atoms with Gasteiger partial charge in [-0.2, -0.15) is 0 Å². The summed E-state index contributed by atoms with van der Waals surface area (Å²) >= 11 is 3.37. The van der Waals surface area contributed by atoms with Crippen LogP contribution in [-0.4, -0.2) is 17.4 Å². The Bertz CT molecular complexity index is 405. The number of carbonyl (C=O) groups is 1. The van der Waals surface area contributed by atoms with E-state index in [4.69, 9.17) is 14.6 Å². The highest BCUT2D eigenvalue weighted by molar-refractivity contribution is 9.10. The monoisotopic (exact) mass is 286 g/mol. The molecule has 1 heterocycles. The van der Waals surface area contributed by atoms with Crippen molar-refractivity contribution in [3.05, 3.63) is 28.2 Å². The van der Waals surface area contributed by atoms with Crippen LogP contribution in [0, 0.1) is 0 Å². The smallest absolute Gasteiger partial charge is 0.303 e. The highest BCUT2D eigenvalue weighted by Gasteiger charge is 2.20. The summed E-state index contributed by atoms with van der Waals surface area (Å²) in [5.74, 6) is -0.0707. The molecule has 2 rings (SSSR count). The number of aliphatic carboxylic acids is 1. The van der Waals surface area contributed by atoms with Crippen molar-refractivity contribution in [1.82, 2.24) is 0 Å². The van der Waals surface area contributed by atoms with Gasteiger partial charge in [0.15, 0.2) is 0 Å². The molecule has 1 aliphatic rings. The zero-order chi connectivity index (χ0) is 11.5. The second-order valence-corrected chi connectivity index (χ2v) is 4.46. The van der Waals surface area contributed by atoms with Crippen molar-refractivity contribution < 1.29 is 19.4 Å². The molecule has 16 heavy (non-hydrogen) atoms. The Balaban J connectivity index is 2.01. The molecule has 0 saturated carbocycles. The molecule has 0 fully saturated rings. The molecule has 0 aromatic heterocycles. The summed E-state index contributed by atoms with van der Waals surface area (Å²) in [6, 6.07) is 5.68. The van der Waals surface area contributed by atoms with Crippen LogP contribution in [0.25, 0.3) is 0 Å². The third kappa shape index (κ3) is 2.74. The molecule has 1 N–H and O–H groups in total. The van der Waals surface area contributed by atoms with Gasteiger partial charge in [-0.05, 0) is 18.2 Å². The predicted molar refractivity (Wildman–Crippen MR) is 60.2 cm³/mol. The quantitative estimate of drug-likeness (QED) is 0.928. The molecule has 1 aromatic carbocycles. The number of halogens is 1. The van der Waals surface area contributed by atoms with Gasteiger partial charge in [0.1, 0.15) is 5.75 Å². The van der Waals surface area contributed by atoms with Crippen LogP contribution in [0.2, 0.25) is 0 Å². The molecular weight excluding hydrogens is 276 g/mol. The summed E-state index contributed by atoms with van der Waals surface area (Å²) in [7, 11) is 0. The number of fused-ring (bicyclic) bond motifs is 1. The van der Waals surface area contributed by atoms with Crippen LogP contribution in [0.15, 0.2) is 22.7 Å². The largest absolute Gasteiger partial charge is 0.481 e. The fourth-order valence-electron chi connectivity index (χ4n) is 1.52. The molecule has 0 amide bonds. The van der Waals surface area contributed by atoms with Crippen molar-refractivity contribution in [3.63, 3.8) is 0 Å². The minimum atomic E-state index is -0.839. The van der Waals surface area contributed by atoms with Gasteiger partial charge in [0.2, 0.25) is 6.29 Å². The Hall–Kier alpha value is -1.07. The fraction of sp³-hybridized carbons (Fsp3) is 0.364. The van der Waals surface area contributed by atoms with Crippen molar-refractivity contribution in [3.8, 4) is 5.75 Å². The lowest BCUT2D eigenvalue weighted by atomic mass is 10.2. The van der Waals surface area contributed by atoms with Crippen molar-refractivity contribution >= 4 is 21.9 Å². The van der Waals surface area contributed by atoms with Crippen LogP contribution in [0.1, 0.15) is 18.4 Å². The molecule has 0 radical (unpaired) electrons. The second-order valence-electron chi connectivity index (χ2n) is 3.54. The Morgan fingerprint density at radius 2 is 2.38 bits per heavy atom. The third-order valence-corrected chi connectivity index (χ3v) is 2.79. The van der Waals surface area contributed by atoms with Crippen LogP contribution >= 0.6 is 15.9 Å². The summed E-state index contributed by atoms with van der Waals surface area (Å²) in [5, 5.41) is 8.56. The van der Waals surface area contributed by atoms with Crippen molar-refractivity contribution in [2.75, 3.05) is 0 Å². The average molecular weight is 287 g/mol. The third-order valence-electron chi connectivity index (χ3n) is 2.30. The maximum absolute atomic E-state index is 10.4. The fourth-order valence-corrected chi connectivity index (χ4v) is 1.93. The van der Waals surface area contributed by atoms with E-state index in [1.165, 1.54) is 0 Å². The van der Waals surface area contributed by atoms with Crippen molar-refractivity contribution in [1.29, 1.82) is 0 Å². The number of carboxylic acids is 1. The minimum Gasteiger partial charge on any atom is -0.481 e. The zero-order valence-corrected chi connectivity index (χ0v) is 10.1. The Morgan fingerprint density at radius 3 is 3.12 bits per heavy atom. The molecule has 4 nitrogen and oxygen atoms in total. The molecule has 86 valence electrons. The molecule has 1 aliphatic heterocycles. The normalized spacial score (nSPS) is 18.7. The highest BCUT2D eigenvalue weighted by atomic mass is 79.9. The molecule has 0 saturated heterocycles. The maximum Gasteiger partial charge on any atom is 0.303 e. The Kier molecular flexibility index (Phi) is 3.46. The number of rotatable bonds is 3. The van der Waals surface area contributed by atoms with E-state index >= 15 is 0 Å². The molecule has 0 aliphatic carbocycles. The Labute approximate surface area is 101 Å². The average Bonchev–Trinajstić information content (AvgIpc) is 2.26. The van der Waals surface area contributed by atoms with E-state index in [2.05, 4.69) is 15.9 Å². The minimum absolute atomic E-state index is 0.0521. The second kappa shape index (κ2) is 4.84. The predicted octanol–water partition coefficient (Wildman–Crippen LogP) is 2.55. The zero-order valence-electron chi connectivity index (χ0n) is 8.48. The Morgan fingerprint density at radius 1 is 1.56 bits per heavy atom. The first-order valence-corrected chi connectivity index (χ1v) is 5.73. The van der Waals surface area contributed by atoms with Gasteiger partial charge in [0, 0.05) is 16.5 Å². The van der Waals surface area contributed by atoms with Gasteiger partial charge >= 0.3 is 5.97 Å². The van der Waals surface area contributed by atoms with Crippen LogP contribution < -0.4 is 4.74 Å². The number of ether oxygens (including phenoxy) is 2. The van der Waals surface area contributed by atoms with Gasteiger partial charge in [0.25, 0.3) is 0 Å². The van der Waals surface area contributed by atoms with Gasteiger partial charge in [0.05, 0.1) is 13.0 Å². The lowest BCUT2D eigenvalue weighted by Gasteiger charge is -2.26. The van der Waals surface area contributed by atoms with E-state index in [0.29, 0.717) is 13.0 Å². The molecule has 1 unspecified atom stereocenters. The molecule has 0 bridgehead atoms. The maximum atomic E-state index is 10.4. The van der Waals surface area contributed by atoms with Crippen LogP contribution in [0.5, 0.6) is 5.75 Å². The number of benzene rings is 1. The first-order chi connectivity index (χ1) is 7.65. The summed E-state index contributed by atoms with van der Waals surface area (Å²) in [6.45, 7) is 0.457. The summed E-state index contributed by atoms with van der Waals surface area (Å²) in [4.78, 5) is 10.4. The van der Waals surface area contributed by atoms with Crippen molar-refractivity contribution in [2.24, 2.45) is 0 Å². The van der Waals surface area contributed by atoms with E-state index in [-0.39, 0.29) is 6.42 Å². The van der Waals surface area contributed by atoms with Gasteiger partial charge < -0.3 is 14.6 Å². The van der Waals surface area contributed by atoms with Gasteiger partial charge in [-0.15, -0.1) is 0 Å². The van der Waals surface area contributed by atoms with E-state index in [1.54, 1.807) is 0 Å². The molecule has 1 atom stereocenters. The number of hydrogen-bond donors (Lipinski definition) is 1. The van der Waals surface area contributed by atoms with E-state index in [0.717, 1.165) is 15.8 Å². The van der Waals surface area contributed by atoms with Gasteiger partial charge in [-0.25, -0.2) is 0 Å². The van der Waals surface area contributed by atoms with Crippen LogP contribution in [0.3, 0.4) is 0 Å².